The zero-order valence-electron chi connectivity index (χ0n) is 11.4. The van der Waals surface area contributed by atoms with Crippen molar-refractivity contribution < 1.29 is 0 Å². The van der Waals surface area contributed by atoms with Crippen molar-refractivity contribution in [3.8, 4) is 0 Å². The Morgan fingerprint density at radius 1 is 1.26 bits per heavy atom. The molecule has 0 aliphatic carbocycles. The van der Waals surface area contributed by atoms with E-state index >= 15 is 0 Å². The van der Waals surface area contributed by atoms with Crippen LogP contribution in [0.15, 0.2) is 30.7 Å². The van der Waals surface area contributed by atoms with E-state index in [-0.39, 0.29) is 0 Å². The van der Waals surface area contributed by atoms with E-state index in [1.165, 1.54) is 11.1 Å². The fraction of sp³-hybridized carbons (Fsp3) is 0.400. The maximum Gasteiger partial charge on any atom is 0.135 e. The standard InChI is InChI=1S/C15H18N4/c1-3-12-8-17-11(2)18-15(12)19-9-14(10-19)13-4-6-16-7-5-13/h4-8,14H,3,9-10H2,1-2H3. The largest absolute Gasteiger partial charge is 0.355 e. The van der Waals surface area contributed by atoms with Crippen molar-refractivity contribution in [1.82, 2.24) is 15.0 Å². The van der Waals surface area contributed by atoms with Gasteiger partial charge in [0.2, 0.25) is 0 Å². The van der Waals surface area contributed by atoms with Crippen LogP contribution in [0.5, 0.6) is 0 Å². The Labute approximate surface area is 113 Å². The topological polar surface area (TPSA) is 41.9 Å². The van der Waals surface area contributed by atoms with E-state index in [1.54, 1.807) is 0 Å². The van der Waals surface area contributed by atoms with Gasteiger partial charge in [-0.15, -0.1) is 0 Å². The molecule has 2 aromatic heterocycles. The molecule has 0 amide bonds. The van der Waals surface area contributed by atoms with Crippen molar-refractivity contribution in [2.24, 2.45) is 0 Å². The second-order valence-electron chi connectivity index (χ2n) is 5.00. The van der Waals surface area contributed by atoms with Crippen LogP contribution in [0.2, 0.25) is 0 Å². The summed E-state index contributed by atoms with van der Waals surface area (Å²) in [7, 11) is 0. The summed E-state index contributed by atoms with van der Waals surface area (Å²) in [5.41, 5.74) is 2.61. The molecular weight excluding hydrogens is 236 g/mol. The first-order valence-electron chi connectivity index (χ1n) is 6.75. The highest BCUT2D eigenvalue weighted by Crippen LogP contribution is 2.32. The van der Waals surface area contributed by atoms with Crippen molar-refractivity contribution in [2.75, 3.05) is 18.0 Å². The zero-order valence-corrected chi connectivity index (χ0v) is 11.4. The molecule has 19 heavy (non-hydrogen) atoms. The van der Waals surface area contributed by atoms with Crippen molar-refractivity contribution in [3.05, 3.63) is 47.7 Å². The SMILES string of the molecule is CCc1cnc(C)nc1N1CC(c2ccncc2)C1. The molecular formula is C15H18N4. The average Bonchev–Trinajstić information content (AvgIpc) is 2.39. The van der Waals surface area contributed by atoms with E-state index in [0.717, 1.165) is 31.2 Å². The molecule has 0 N–H and O–H groups in total. The minimum absolute atomic E-state index is 0.600. The van der Waals surface area contributed by atoms with Gasteiger partial charge >= 0.3 is 0 Å². The fourth-order valence-electron chi connectivity index (χ4n) is 2.50. The van der Waals surface area contributed by atoms with E-state index in [9.17, 15) is 0 Å². The number of aromatic nitrogens is 3. The minimum Gasteiger partial charge on any atom is -0.355 e. The monoisotopic (exact) mass is 254 g/mol. The highest BCUT2D eigenvalue weighted by atomic mass is 15.2. The second kappa shape index (κ2) is 4.96. The maximum absolute atomic E-state index is 4.60. The van der Waals surface area contributed by atoms with Crippen LogP contribution in [0, 0.1) is 6.92 Å². The molecule has 1 aliphatic heterocycles. The summed E-state index contributed by atoms with van der Waals surface area (Å²) in [5.74, 6) is 2.56. The maximum atomic E-state index is 4.60. The van der Waals surface area contributed by atoms with E-state index in [1.807, 2.05) is 25.5 Å². The second-order valence-corrected chi connectivity index (χ2v) is 5.00. The Morgan fingerprint density at radius 3 is 2.68 bits per heavy atom. The summed E-state index contributed by atoms with van der Waals surface area (Å²) in [4.78, 5) is 15.3. The number of nitrogens with zero attached hydrogens (tertiary/aromatic N) is 4. The van der Waals surface area contributed by atoms with Crippen molar-refractivity contribution in [1.29, 1.82) is 0 Å². The van der Waals surface area contributed by atoms with Crippen LogP contribution in [0.3, 0.4) is 0 Å². The van der Waals surface area contributed by atoms with E-state index in [4.69, 9.17) is 0 Å². The molecule has 3 rings (SSSR count). The summed E-state index contributed by atoms with van der Waals surface area (Å²) in [6.45, 7) is 6.17. The number of aryl methyl sites for hydroxylation is 2. The summed E-state index contributed by atoms with van der Waals surface area (Å²) in [6.07, 6.45) is 6.66. The van der Waals surface area contributed by atoms with Crippen LogP contribution < -0.4 is 4.90 Å². The van der Waals surface area contributed by atoms with Gasteiger partial charge in [0.25, 0.3) is 0 Å². The van der Waals surface area contributed by atoms with Crippen molar-refractivity contribution in [2.45, 2.75) is 26.2 Å². The quantitative estimate of drug-likeness (QED) is 0.843. The number of hydrogen-bond donors (Lipinski definition) is 0. The Balaban J connectivity index is 1.76. The molecule has 0 unspecified atom stereocenters. The summed E-state index contributed by atoms with van der Waals surface area (Å²) >= 11 is 0. The molecule has 4 heteroatoms. The first-order chi connectivity index (χ1) is 9.28. The van der Waals surface area contributed by atoms with Crippen molar-refractivity contribution in [3.63, 3.8) is 0 Å². The minimum atomic E-state index is 0.600. The van der Waals surface area contributed by atoms with Crippen LogP contribution in [0.4, 0.5) is 5.82 Å². The molecule has 0 atom stereocenters. The van der Waals surface area contributed by atoms with Gasteiger partial charge in [-0.2, -0.15) is 0 Å². The molecule has 98 valence electrons. The molecule has 1 fully saturated rings. The van der Waals surface area contributed by atoms with E-state index < -0.39 is 0 Å². The lowest BCUT2D eigenvalue weighted by molar-refractivity contribution is 0.516. The Hall–Kier alpha value is -1.97. The first-order valence-corrected chi connectivity index (χ1v) is 6.75. The highest BCUT2D eigenvalue weighted by molar-refractivity contribution is 5.50. The highest BCUT2D eigenvalue weighted by Gasteiger charge is 2.30. The summed E-state index contributed by atoms with van der Waals surface area (Å²) in [6, 6.07) is 4.21. The van der Waals surface area contributed by atoms with E-state index in [2.05, 4.69) is 38.9 Å². The third-order valence-corrected chi connectivity index (χ3v) is 3.70. The summed E-state index contributed by atoms with van der Waals surface area (Å²) < 4.78 is 0. The molecule has 0 radical (unpaired) electrons. The van der Waals surface area contributed by atoms with Crippen LogP contribution in [-0.4, -0.2) is 28.0 Å². The lowest BCUT2D eigenvalue weighted by Gasteiger charge is -2.41. The molecule has 2 aromatic rings. The van der Waals surface area contributed by atoms with Crippen molar-refractivity contribution >= 4 is 5.82 Å². The molecule has 0 spiro atoms. The molecule has 0 saturated carbocycles. The van der Waals surface area contributed by atoms with E-state index in [0.29, 0.717) is 5.92 Å². The number of rotatable bonds is 3. The van der Waals surface area contributed by atoms with Gasteiger partial charge in [0.05, 0.1) is 0 Å². The molecule has 1 aliphatic rings. The third-order valence-electron chi connectivity index (χ3n) is 3.70. The van der Waals surface area contributed by atoms with Crippen LogP contribution >= 0.6 is 0 Å². The lowest BCUT2D eigenvalue weighted by Crippen LogP contribution is -2.46. The predicted octanol–water partition coefficient (Wildman–Crippen LogP) is 2.35. The molecule has 4 nitrogen and oxygen atoms in total. The summed E-state index contributed by atoms with van der Waals surface area (Å²) in [5, 5.41) is 0. The Kier molecular flexibility index (Phi) is 3.15. The Bertz CT molecular complexity index is 562. The average molecular weight is 254 g/mol. The van der Waals surface area contributed by atoms with Gasteiger partial charge in [-0.05, 0) is 31.0 Å². The van der Waals surface area contributed by atoms with Gasteiger partial charge in [-0.25, -0.2) is 9.97 Å². The molecule has 0 bridgehead atoms. The van der Waals surface area contributed by atoms with Gasteiger partial charge < -0.3 is 4.90 Å². The van der Waals surface area contributed by atoms with Gasteiger partial charge in [-0.1, -0.05) is 6.92 Å². The molecule has 3 heterocycles. The van der Waals surface area contributed by atoms with Crippen LogP contribution in [0.1, 0.15) is 29.8 Å². The Morgan fingerprint density at radius 2 is 2.00 bits per heavy atom. The van der Waals surface area contributed by atoms with Gasteiger partial charge in [0.15, 0.2) is 0 Å². The fourth-order valence-corrected chi connectivity index (χ4v) is 2.50. The van der Waals surface area contributed by atoms with Gasteiger partial charge in [-0.3, -0.25) is 4.98 Å². The predicted molar refractivity (Wildman–Crippen MR) is 75.3 cm³/mol. The third kappa shape index (κ3) is 2.30. The van der Waals surface area contributed by atoms with Crippen LogP contribution in [0.25, 0.3) is 0 Å². The number of anilines is 1. The normalized spacial score (nSPS) is 15.4. The number of pyridine rings is 1. The van der Waals surface area contributed by atoms with Gasteiger partial charge in [0, 0.05) is 43.2 Å². The smallest absolute Gasteiger partial charge is 0.135 e. The van der Waals surface area contributed by atoms with Crippen LogP contribution in [-0.2, 0) is 6.42 Å². The zero-order chi connectivity index (χ0) is 13.2. The van der Waals surface area contributed by atoms with Gasteiger partial charge in [0.1, 0.15) is 11.6 Å². The molecule has 1 saturated heterocycles. The first kappa shape index (κ1) is 12.1. The number of hydrogen-bond acceptors (Lipinski definition) is 4. The molecule has 0 aromatic carbocycles. The lowest BCUT2D eigenvalue weighted by atomic mass is 9.92.